The molecule has 720 valence electrons. The lowest BCUT2D eigenvalue weighted by Gasteiger charge is -2.29. The maximum absolute atomic E-state index is 15.0. The largest absolute Gasteiger partial charge is 0.481 e. The van der Waals surface area contributed by atoms with E-state index >= 15 is 4.79 Å². The lowest BCUT2D eigenvalue weighted by molar-refractivity contribution is -0.141. The summed E-state index contributed by atoms with van der Waals surface area (Å²) >= 11 is 0. The van der Waals surface area contributed by atoms with Crippen molar-refractivity contribution >= 4 is 129 Å². The van der Waals surface area contributed by atoms with E-state index in [4.69, 9.17) is 39.5 Å². The maximum Gasteiger partial charge on any atom is 0.305 e. The molecule has 45 nitrogen and oxygen atoms in total. The van der Waals surface area contributed by atoms with Crippen molar-refractivity contribution in [1.29, 1.82) is 10.8 Å². The van der Waals surface area contributed by atoms with Crippen LogP contribution in [0, 0.1) is 34.5 Å². The van der Waals surface area contributed by atoms with Crippen LogP contribution in [0.1, 0.15) is 180 Å². The van der Waals surface area contributed by atoms with Crippen molar-refractivity contribution in [2.45, 2.75) is 266 Å². The molecule has 1 saturated heterocycles. The van der Waals surface area contributed by atoms with Gasteiger partial charge in [-0.3, -0.25) is 97.1 Å². The third kappa shape index (κ3) is 34.7. The highest BCUT2D eigenvalue weighted by Crippen LogP contribution is 2.31. The molecule has 4 aliphatic rings. The Labute approximate surface area is 758 Å². The molecule has 3 aromatic rings. The van der Waals surface area contributed by atoms with Crippen LogP contribution in [-0.2, 0) is 99.1 Å². The van der Waals surface area contributed by atoms with E-state index in [-0.39, 0.29) is 88.8 Å². The van der Waals surface area contributed by atoms with Crippen molar-refractivity contribution in [3.63, 3.8) is 0 Å². The van der Waals surface area contributed by atoms with Gasteiger partial charge in [-0.2, -0.15) is 0 Å². The van der Waals surface area contributed by atoms with Crippen LogP contribution in [0.2, 0.25) is 0 Å². The smallest absolute Gasteiger partial charge is 0.305 e. The van der Waals surface area contributed by atoms with Gasteiger partial charge in [0, 0.05) is 93.6 Å². The zero-order chi connectivity index (χ0) is 96.0. The number of H-pyrrole nitrogens is 1. The number of carboxylic acids is 1. The molecule has 45 heteroatoms. The number of hydrogen-bond acceptors (Lipinski definition) is 22. The molecule has 2 heterocycles. The molecule has 0 radical (unpaired) electrons. The van der Waals surface area contributed by atoms with E-state index in [1.165, 1.54) is 20.8 Å². The molecule has 0 unspecified atom stereocenters. The Balaban J connectivity index is 0.962. The van der Waals surface area contributed by atoms with Crippen molar-refractivity contribution < 1.29 is 91.4 Å². The van der Waals surface area contributed by atoms with Gasteiger partial charge in [0.2, 0.25) is 100 Å². The van der Waals surface area contributed by atoms with Gasteiger partial charge in [-0.25, -0.2) is 0 Å². The van der Waals surface area contributed by atoms with Gasteiger partial charge in [-0.1, -0.05) is 87.6 Å². The fraction of sp³-hybridized carbons (Fsp3) is 0.605. The van der Waals surface area contributed by atoms with Gasteiger partial charge in [0.1, 0.15) is 54.4 Å². The van der Waals surface area contributed by atoms with Crippen molar-refractivity contribution in [1.82, 2.24) is 101 Å². The number of nitrogens with two attached hydrogens (primary N) is 5. The minimum atomic E-state index is -1.86. The van der Waals surface area contributed by atoms with Crippen molar-refractivity contribution in [2.75, 3.05) is 39.3 Å². The van der Waals surface area contributed by atoms with Crippen LogP contribution in [0.15, 0.2) is 60.8 Å². The van der Waals surface area contributed by atoms with Crippen LogP contribution in [0.25, 0.3) is 10.9 Å². The molecule has 131 heavy (non-hydrogen) atoms. The molecule has 32 N–H and O–H groups in total. The third-order valence-electron chi connectivity index (χ3n) is 23.7. The standard InChI is InChI=1S/C86H132N26O19/c1-5-6-21-50(38-69(115)98-44-70(116)103-66(40-71(117)118)81(128)100-46(3)74(121)110-63(36-48-19-8-7-9-20-48)82(129)112-65(39-68(88)114)84(131)107-60(72(89)119)31-17-34-95-85(90)91)102-79(126)61(27-12-13-33-87)108-76(123)53-24-15-30-59(53)106-83(130)64(37-49-41-97-56-26-11-10-22-51(49)56)111-77(124)54-25-16-29-58(54)105-80(127)62(32-18-35-96-86(92)93)109-75(122)52-23-14-28-57(52)104-73(120)45(2)99-78(125)55-42-94-43-67(55)101-47(4)113/h7-11,19-20,22,26,41,45-46,50,52-55,57-67,94,97H,5-6,12-18,21,23-25,27-40,42-44,87H2,1-4H3,(H2,88,114)(H2,89,119)(H,98,115)(H,99,125)(H,100,128)(H,101,113)(H,102,126)(H,103,116)(H,104,120)(H,105,127)(H,106,130)(H,107,131)(H,108,123)(H,109,122)(H,110,121)(H,111,124)(H,112,129)(H,117,118)(H4,90,91,95)(H4,92,93,96)/t45-,46-,50-,52-,53-,54-,55-,57-,58-,59-,60-,61-,62-,63-,64-,65-,66-,67-/m0/s1. The van der Waals surface area contributed by atoms with Gasteiger partial charge >= 0.3 is 5.97 Å². The monoisotopic (exact) mass is 1830 g/mol. The Morgan fingerprint density at radius 1 is 0.443 bits per heavy atom. The Morgan fingerprint density at radius 2 is 0.931 bits per heavy atom. The molecular weight excluding hydrogens is 1700 g/mol. The molecule has 3 saturated carbocycles. The molecular formula is C86H132N26O19. The summed E-state index contributed by atoms with van der Waals surface area (Å²) in [5.74, 6) is -18.2. The summed E-state index contributed by atoms with van der Waals surface area (Å²) in [6.45, 7) is 6.34. The summed E-state index contributed by atoms with van der Waals surface area (Å²) in [6, 6.07) is -0.576. The lowest BCUT2D eigenvalue weighted by atomic mass is 9.97. The molecule has 2 aromatic carbocycles. The summed E-state index contributed by atoms with van der Waals surface area (Å²) in [4.78, 5) is 249. The number of para-hydroxylation sites is 1. The first-order valence-electron chi connectivity index (χ1n) is 44.8. The number of rotatable bonds is 54. The average Bonchev–Trinajstić information content (AvgIpc) is 1.54. The van der Waals surface area contributed by atoms with Crippen LogP contribution in [0.4, 0.5) is 0 Å². The Morgan fingerprint density at radius 3 is 1.50 bits per heavy atom. The predicted octanol–water partition coefficient (Wildman–Crippen LogP) is -5.39. The van der Waals surface area contributed by atoms with Crippen LogP contribution in [-0.4, -0.2) is 252 Å². The van der Waals surface area contributed by atoms with Gasteiger partial charge in [-0.05, 0) is 127 Å². The maximum atomic E-state index is 15.0. The summed E-state index contributed by atoms with van der Waals surface area (Å²) in [5.41, 5.74) is 29.7. The van der Waals surface area contributed by atoms with E-state index in [1.54, 1.807) is 36.5 Å². The topological polar surface area (TPSA) is 738 Å². The number of fused-ring (bicyclic) bond motifs is 1. The number of carboxylic acid groups (broad SMARTS) is 1. The van der Waals surface area contributed by atoms with Crippen LogP contribution < -0.4 is 124 Å². The quantitative estimate of drug-likeness (QED) is 0.0142. The summed E-state index contributed by atoms with van der Waals surface area (Å²) in [6.07, 6.45) is 5.72. The van der Waals surface area contributed by atoms with E-state index in [0.29, 0.717) is 108 Å². The van der Waals surface area contributed by atoms with E-state index in [1.807, 2.05) is 31.2 Å². The Hall–Kier alpha value is -13.1. The second-order valence-corrected chi connectivity index (χ2v) is 34.0. The number of aromatic nitrogens is 1. The predicted molar refractivity (Wildman–Crippen MR) is 478 cm³/mol. The summed E-state index contributed by atoms with van der Waals surface area (Å²) in [7, 11) is 0. The number of amides is 17. The van der Waals surface area contributed by atoms with Gasteiger partial charge in [0.15, 0.2) is 11.9 Å². The van der Waals surface area contributed by atoms with Crippen molar-refractivity contribution in [2.24, 2.45) is 52.3 Å². The molecule has 7 rings (SSSR count). The number of carbonyl (C=O) groups is 18. The number of primary amides is 2. The molecule has 4 fully saturated rings. The van der Waals surface area contributed by atoms with Gasteiger partial charge in [0.05, 0.1) is 49.1 Å². The first-order valence-corrected chi connectivity index (χ1v) is 44.8. The Bertz CT molecular complexity index is 4520. The highest BCUT2D eigenvalue weighted by molar-refractivity contribution is 6.00. The third-order valence-corrected chi connectivity index (χ3v) is 23.7. The highest BCUT2D eigenvalue weighted by atomic mass is 16.4. The average molecular weight is 1830 g/mol. The summed E-state index contributed by atoms with van der Waals surface area (Å²) < 4.78 is 0. The van der Waals surface area contributed by atoms with Crippen LogP contribution in [0.5, 0.6) is 0 Å². The van der Waals surface area contributed by atoms with Gasteiger partial charge < -0.3 is 134 Å². The minimum absolute atomic E-state index is 0.0192. The van der Waals surface area contributed by atoms with Gasteiger partial charge in [-0.15, -0.1) is 0 Å². The molecule has 0 bridgehead atoms. The molecule has 17 amide bonds. The van der Waals surface area contributed by atoms with Crippen LogP contribution >= 0.6 is 0 Å². The van der Waals surface area contributed by atoms with E-state index in [9.17, 15) is 86.6 Å². The number of guanidine groups is 2. The molecule has 18 atom stereocenters. The minimum Gasteiger partial charge on any atom is -0.481 e. The second-order valence-electron chi connectivity index (χ2n) is 34.0. The number of nitrogens with one attached hydrogen (secondary N) is 21. The zero-order valence-electron chi connectivity index (χ0n) is 74.6. The SMILES string of the molecule is CCCC[C@@H](CC(=O)NCC(=O)N[C@@H](CC(=O)O)C(=O)N[C@@H](C)C(=O)N[C@@H](Cc1ccccc1)C(=O)N[C@@H](CC(N)=O)C(=O)N[C@@H](CCCNC(=N)N)C(N)=O)NC(=O)[C@H](CCCCN)NC(=O)[C@H]1CCC[C@@H]1NC(=O)[C@H](Cc1c[nH]c2ccccc12)NC(=O)[C@H]1CCC[C@@H]1NC(=O)[C@H](CCCNC(=N)N)NC(=O)[C@H]1CCC[C@@H]1NC(=O)[C@H](C)NC(=O)[C@H]1CNC[C@@H]1NC(C)=O. The Kier molecular flexibility index (Phi) is 42.6. The number of hydrogen-bond donors (Lipinski definition) is 27. The van der Waals surface area contributed by atoms with E-state index in [0.717, 1.165) is 10.9 Å². The highest BCUT2D eigenvalue weighted by Gasteiger charge is 2.44. The molecule has 1 aliphatic heterocycles. The van der Waals surface area contributed by atoms with Crippen molar-refractivity contribution in [3.05, 3.63) is 71.9 Å². The van der Waals surface area contributed by atoms with Crippen LogP contribution in [0.3, 0.4) is 0 Å². The number of unbranched alkanes of at least 4 members (excludes halogenated alkanes) is 2. The first-order chi connectivity index (χ1) is 62.4. The normalized spacial score (nSPS) is 20.2. The molecule has 3 aliphatic carbocycles. The molecule has 0 spiro atoms. The number of benzene rings is 2. The van der Waals surface area contributed by atoms with Gasteiger partial charge in [0.25, 0.3) is 0 Å². The van der Waals surface area contributed by atoms with Crippen molar-refractivity contribution in [3.8, 4) is 0 Å². The molecule has 1 aromatic heterocycles. The number of aliphatic carboxylic acids is 1. The zero-order valence-corrected chi connectivity index (χ0v) is 74.6. The lowest BCUT2D eigenvalue weighted by Crippen LogP contribution is -2.59. The second kappa shape index (κ2) is 53.1. The van der Waals surface area contributed by atoms with E-state index in [2.05, 4.69) is 101 Å². The first kappa shape index (κ1) is 105. The summed E-state index contributed by atoms with van der Waals surface area (Å²) in [5, 5.41) is 74.3. The van der Waals surface area contributed by atoms with E-state index < -0.39 is 235 Å². The fourth-order valence-electron chi connectivity index (χ4n) is 16.7. The number of carbonyl (C=O) groups excluding carboxylic acids is 17. The number of aromatic amines is 1. The fourth-order valence-corrected chi connectivity index (χ4v) is 16.7.